The van der Waals surface area contributed by atoms with Gasteiger partial charge in [-0.15, -0.1) is 0 Å². The van der Waals surface area contributed by atoms with Crippen molar-refractivity contribution in [3.8, 4) is 5.75 Å². The number of benzene rings is 1. The summed E-state index contributed by atoms with van der Waals surface area (Å²) in [5, 5.41) is 13.1. The molecule has 1 N–H and O–H groups in total. The molecule has 0 unspecified atom stereocenters. The van der Waals surface area contributed by atoms with E-state index in [-0.39, 0.29) is 11.7 Å². The van der Waals surface area contributed by atoms with Crippen LogP contribution in [0.5, 0.6) is 5.75 Å². The van der Waals surface area contributed by atoms with Crippen LogP contribution in [-0.2, 0) is 9.53 Å². The second kappa shape index (κ2) is 8.92. The van der Waals surface area contributed by atoms with Gasteiger partial charge in [0, 0.05) is 11.5 Å². The Morgan fingerprint density at radius 2 is 2.00 bits per heavy atom. The van der Waals surface area contributed by atoms with Crippen LogP contribution in [0, 0.1) is 3.70 Å². The van der Waals surface area contributed by atoms with E-state index in [1.807, 2.05) is 43.4 Å². The Morgan fingerprint density at radius 1 is 1.38 bits per heavy atom. The van der Waals surface area contributed by atoms with Crippen LogP contribution in [0.1, 0.15) is 20.8 Å². The van der Waals surface area contributed by atoms with E-state index < -0.39 is 18.3 Å². The third-order valence-electron chi connectivity index (χ3n) is 2.59. The Bertz CT molecular complexity index is 815. The van der Waals surface area contributed by atoms with Crippen molar-refractivity contribution < 1.29 is 33.0 Å². The molecule has 0 aliphatic carbocycles. The standard InChI is InChI=1S/C9H5F2IN2O3.C7H12O2/c10-8(11)17-4-1-2-6-5(3-4)7(12)13-14(6)9(15)16;1-5-6(8)9-7(2,3)4/h1-3,8H,(H,15,16);5H,1H2,2-4H3. The summed E-state index contributed by atoms with van der Waals surface area (Å²) in [6.07, 6.45) is -0.0777. The van der Waals surface area contributed by atoms with Crippen molar-refractivity contribution in [2.24, 2.45) is 0 Å². The summed E-state index contributed by atoms with van der Waals surface area (Å²) >= 11 is 1.82. The average molecular weight is 482 g/mol. The summed E-state index contributed by atoms with van der Waals surface area (Å²) in [6.45, 7) is 5.79. The number of ether oxygens (including phenoxy) is 2. The maximum absolute atomic E-state index is 12.0. The van der Waals surface area contributed by atoms with E-state index in [2.05, 4.69) is 16.4 Å². The number of nitrogens with zero attached hydrogens (tertiary/aromatic N) is 2. The van der Waals surface area contributed by atoms with E-state index in [4.69, 9.17) is 9.84 Å². The van der Waals surface area contributed by atoms with E-state index in [9.17, 15) is 18.4 Å². The number of carboxylic acid groups (broad SMARTS) is 1. The molecule has 1 aromatic carbocycles. The highest BCUT2D eigenvalue weighted by atomic mass is 127. The molecule has 0 bridgehead atoms. The smallest absolute Gasteiger partial charge is 0.432 e. The molecule has 0 aliphatic heterocycles. The monoisotopic (exact) mass is 482 g/mol. The van der Waals surface area contributed by atoms with Crippen LogP contribution < -0.4 is 4.74 Å². The molecule has 10 heteroatoms. The van der Waals surface area contributed by atoms with Gasteiger partial charge in [0.1, 0.15) is 15.1 Å². The maximum Gasteiger partial charge on any atom is 0.432 e. The average Bonchev–Trinajstić information content (AvgIpc) is 2.83. The van der Waals surface area contributed by atoms with Gasteiger partial charge >= 0.3 is 18.7 Å². The van der Waals surface area contributed by atoms with Gasteiger partial charge in [-0.05, 0) is 61.6 Å². The highest BCUT2D eigenvalue weighted by molar-refractivity contribution is 14.1. The number of halogens is 3. The van der Waals surface area contributed by atoms with Crippen LogP contribution in [0.15, 0.2) is 30.9 Å². The van der Waals surface area contributed by atoms with E-state index in [1.54, 1.807) is 0 Å². The van der Waals surface area contributed by atoms with Crippen molar-refractivity contribution >= 4 is 45.6 Å². The van der Waals surface area contributed by atoms with Crippen molar-refractivity contribution in [3.05, 3.63) is 34.6 Å². The molecule has 142 valence electrons. The molecule has 0 fully saturated rings. The second-order valence-electron chi connectivity index (χ2n) is 5.78. The molecular formula is C16H17F2IN2O5. The lowest BCUT2D eigenvalue weighted by Crippen LogP contribution is -2.22. The number of hydrogen-bond acceptors (Lipinski definition) is 5. The lowest BCUT2D eigenvalue weighted by atomic mass is 10.2. The third-order valence-corrected chi connectivity index (χ3v) is 3.38. The predicted octanol–water partition coefficient (Wildman–Crippen LogP) is 4.28. The zero-order valence-corrected chi connectivity index (χ0v) is 16.4. The Labute approximate surface area is 161 Å². The normalized spacial score (nSPS) is 10.9. The molecule has 2 rings (SSSR count). The molecule has 0 spiro atoms. The Hall–Kier alpha value is -2.24. The van der Waals surface area contributed by atoms with Gasteiger partial charge < -0.3 is 14.6 Å². The first kappa shape index (κ1) is 21.8. The van der Waals surface area contributed by atoms with Gasteiger partial charge in [-0.2, -0.15) is 18.6 Å². The lowest BCUT2D eigenvalue weighted by Gasteiger charge is -2.17. The first-order valence-electron chi connectivity index (χ1n) is 7.16. The minimum absolute atomic E-state index is 0.0321. The van der Waals surface area contributed by atoms with Crippen molar-refractivity contribution in [3.63, 3.8) is 0 Å². The van der Waals surface area contributed by atoms with Crippen molar-refractivity contribution in [1.29, 1.82) is 0 Å². The van der Waals surface area contributed by atoms with E-state index in [0.717, 1.165) is 10.8 Å². The van der Waals surface area contributed by atoms with Gasteiger partial charge in [-0.25, -0.2) is 9.59 Å². The van der Waals surface area contributed by atoms with Crippen LogP contribution in [0.25, 0.3) is 10.9 Å². The first-order valence-corrected chi connectivity index (χ1v) is 8.24. The topological polar surface area (TPSA) is 90.7 Å². The van der Waals surface area contributed by atoms with E-state index in [0.29, 0.717) is 14.6 Å². The van der Waals surface area contributed by atoms with Crippen molar-refractivity contribution in [1.82, 2.24) is 9.78 Å². The van der Waals surface area contributed by atoms with Gasteiger partial charge in [0.15, 0.2) is 0 Å². The fraction of sp³-hybridized carbons (Fsp3) is 0.312. The minimum Gasteiger partial charge on any atom is -0.463 e. The first-order chi connectivity index (χ1) is 11.9. The van der Waals surface area contributed by atoms with Crippen molar-refractivity contribution in [2.45, 2.75) is 33.0 Å². The highest BCUT2D eigenvalue weighted by Gasteiger charge is 2.15. The highest BCUT2D eigenvalue weighted by Crippen LogP contribution is 2.26. The van der Waals surface area contributed by atoms with Gasteiger partial charge in [0.25, 0.3) is 0 Å². The third kappa shape index (κ3) is 6.58. The van der Waals surface area contributed by atoms with Crippen LogP contribution >= 0.6 is 22.6 Å². The molecule has 0 aliphatic rings. The zero-order valence-electron chi connectivity index (χ0n) is 14.2. The molecular weight excluding hydrogens is 465 g/mol. The molecule has 0 atom stereocenters. The van der Waals surface area contributed by atoms with Crippen LogP contribution in [0.3, 0.4) is 0 Å². The summed E-state index contributed by atoms with van der Waals surface area (Å²) in [6, 6.07) is 3.97. The lowest BCUT2D eigenvalue weighted by molar-refractivity contribution is -0.148. The van der Waals surface area contributed by atoms with Crippen LogP contribution in [0.4, 0.5) is 13.6 Å². The van der Waals surface area contributed by atoms with E-state index >= 15 is 0 Å². The zero-order chi connectivity index (χ0) is 20.1. The molecule has 1 heterocycles. The SMILES string of the molecule is C=CC(=O)OC(C)(C)C.O=C(O)n1nc(I)c2cc(OC(F)F)ccc21. The number of rotatable bonds is 3. The molecule has 1 aromatic heterocycles. The summed E-state index contributed by atoms with van der Waals surface area (Å²) in [4.78, 5) is 21.3. The number of fused-ring (bicyclic) bond motifs is 1. The predicted molar refractivity (Wildman–Crippen MR) is 98.5 cm³/mol. The summed E-state index contributed by atoms with van der Waals surface area (Å²) in [5.74, 6) is -0.405. The quantitative estimate of drug-likeness (QED) is 0.399. The van der Waals surface area contributed by atoms with Crippen LogP contribution in [-0.4, -0.2) is 39.2 Å². The molecule has 0 saturated heterocycles. The van der Waals surface area contributed by atoms with E-state index in [1.165, 1.54) is 18.2 Å². The second-order valence-corrected chi connectivity index (χ2v) is 6.80. The number of esters is 1. The summed E-state index contributed by atoms with van der Waals surface area (Å²) in [7, 11) is 0. The maximum atomic E-state index is 12.0. The fourth-order valence-corrected chi connectivity index (χ4v) is 2.37. The summed E-state index contributed by atoms with van der Waals surface area (Å²) < 4.78 is 34.3. The molecule has 26 heavy (non-hydrogen) atoms. The van der Waals surface area contributed by atoms with Gasteiger partial charge in [-0.3, -0.25) is 0 Å². The Morgan fingerprint density at radius 3 is 2.42 bits per heavy atom. The van der Waals surface area contributed by atoms with Crippen LogP contribution in [0.2, 0.25) is 0 Å². The van der Waals surface area contributed by atoms with Gasteiger partial charge in [-0.1, -0.05) is 6.58 Å². The fourth-order valence-electron chi connectivity index (χ4n) is 1.73. The molecule has 2 aromatic rings. The van der Waals surface area contributed by atoms with Crippen molar-refractivity contribution in [2.75, 3.05) is 0 Å². The number of aromatic nitrogens is 2. The number of hydrogen-bond donors (Lipinski definition) is 1. The summed E-state index contributed by atoms with van der Waals surface area (Å²) in [5.41, 5.74) is -0.0748. The number of alkyl halides is 2. The number of carbonyl (C=O) groups is 2. The molecule has 7 nitrogen and oxygen atoms in total. The minimum atomic E-state index is -2.92. The molecule has 0 amide bonds. The van der Waals surface area contributed by atoms with Gasteiger partial charge in [0.2, 0.25) is 0 Å². The Kier molecular flexibility index (Phi) is 7.48. The largest absolute Gasteiger partial charge is 0.463 e. The molecule has 0 radical (unpaired) electrons. The van der Waals surface area contributed by atoms with Gasteiger partial charge in [0.05, 0.1) is 5.52 Å². The number of carbonyl (C=O) groups excluding carboxylic acids is 1. The Balaban J connectivity index is 0.000000321. The molecule has 0 saturated carbocycles.